The van der Waals surface area contributed by atoms with E-state index in [4.69, 9.17) is 18.6 Å². The quantitative estimate of drug-likeness (QED) is 0.251. The number of hydrogen-bond donors (Lipinski definition) is 0. The molecular formula is C38H38B2O4. The van der Waals surface area contributed by atoms with Crippen molar-refractivity contribution in [2.75, 3.05) is 0 Å². The van der Waals surface area contributed by atoms with E-state index in [0.29, 0.717) is 5.76 Å². The first-order valence-electron chi connectivity index (χ1n) is 15.7. The van der Waals surface area contributed by atoms with Gasteiger partial charge in [0.25, 0.3) is 0 Å². The lowest BCUT2D eigenvalue weighted by molar-refractivity contribution is 0.00578. The van der Waals surface area contributed by atoms with Crippen LogP contribution in [-0.2, 0) is 36.9 Å². The van der Waals surface area contributed by atoms with E-state index in [1.165, 1.54) is 44.5 Å². The van der Waals surface area contributed by atoms with Gasteiger partial charge < -0.3 is 18.6 Å². The van der Waals surface area contributed by atoms with Gasteiger partial charge in [-0.05, 0) is 116 Å². The molecule has 0 aromatic heterocycles. The second-order valence-corrected chi connectivity index (χ2v) is 14.5. The normalized spacial score (nSPS) is 21.4. The fourth-order valence-electron chi connectivity index (χ4n) is 7.41. The standard InChI is InChI=1S/C38H38B2O4/c1-24-35(2,3)42-39(41-24)29-15-12-25(13-16-29)26-14-18-31-32-19-17-30(40-43-36(4,5)37(6,7)44-40)21-34(32)38(33(31)20-26)22-27-10-8-9-11-28(27)23-38/h8-21H,1,22-23H2,2-7H3. The van der Waals surface area contributed by atoms with Gasteiger partial charge in [-0.2, -0.15) is 0 Å². The first-order chi connectivity index (χ1) is 20.9. The molecule has 0 unspecified atom stereocenters. The molecule has 220 valence electrons. The van der Waals surface area contributed by atoms with Gasteiger partial charge in [0, 0.05) is 5.41 Å². The molecule has 2 fully saturated rings. The van der Waals surface area contributed by atoms with Crippen molar-refractivity contribution in [1.29, 1.82) is 0 Å². The molecule has 0 saturated carbocycles. The maximum absolute atomic E-state index is 6.50. The van der Waals surface area contributed by atoms with Crippen LogP contribution in [0.5, 0.6) is 0 Å². The molecule has 2 aliphatic carbocycles. The number of benzene rings is 4. The van der Waals surface area contributed by atoms with Crippen LogP contribution in [0.15, 0.2) is 97.3 Å². The topological polar surface area (TPSA) is 36.9 Å². The summed E-state index contributed by atoms with van der Waals surface area (Å²) in [7, 11) is -0.820. The minimum atomic E-state index is -0.492. The zero-order valence-corrected chi connectivity index (χ0v) is 26.5. The Hall–Kier alpha value is -3.57. The molecule has 2 aliphatic heterocycles. The van der Waals surface area contributed by atoms with Gasteiger partial charge in [-0.1, -0.05) is 85.4 Å². The smallest absolute Gasteiger partial charge is 0.534 e. The van der Waals surface area contributed by atoms with Gasteiger partial charge in [0.15, 0.2) is 0 Å². The zero-order valence-electron chi connectivity index (χ0n) is 26.5. The van der Waals surface area contributed by atoms with E-state index >= 15 is 0 Å². The van der Waals surface area contributed by atoms with Crippen molar-refractivity contribution in [2.24, 2.45) is 0 Å². The molecule has 2 saturated heterocycles. The van der Waals surface area contributed by atoms with Crippen LogP contribution in [0.25, 0.3) is 22.3 Å². The summed E-state index contributed by atoms with van der Waals surface area (Å²) in [6, 6.07) is 31.3. The molecule has 0 radical (unpaired) electrons. The van der Waals surface area contributed by atoms with Crippen molar-refractivity contribution in [2.45, 2.75) is 76.6 Å². The molecule has 4 aromatic carbocycles. The van der Waals surface area contributed by atoms with Crippen molar-refractivity contribution in [3.63, 3.8) is 0 Å². The lowest BCUT2D eigenvalue weighted by atomic mass is 9.71. The molecular weight excluding hydrogens is 542 g/mol. The van der Waals surface area contributed by atoms with Crippen LogP contribution < -0.4 is 10.9 Å². The first kappa shape index (κ1) is 27.9. The molecule has 1 spiro atoms. The van der Waals surface area contributed by atoms with Gasteiger partial charge in [0.1, 0.15) is 5.60 Å². The Bertz CT molecular complexity index is 1800. The van der Waals surface area contributed by atoms with Crippen molar-refractivity contribution < 1.29 is 18.6 Å². The summed E-state index contributed by atoms with van der Waals surface area (Å²) in [4.78, 5) is 0. The molecule has 4 aromatic rings. The van der Waals surface area contributed by atoms with E-state index in [-0.39, 0.29) is 23.7 Å². The predicted molar refractivity (Wildman–Crippen MR) is 178 cm³/mol. The van der Waals surface area contributed by atoms with Gasteiger partial charge in [0.2, 0.25) is 0 Å². The van der Waals surface area contributed by atoms with Crippen molar-refractivity contribution >= 4 is 25.2 Å². The molecule has 44 heavy (non-hydrogen) atoms. The van der Waals surface area contributed by atoms with Crippen LogP contribution in [0.1, 0.15) is 63.8 Å². The third-order valence-corrected chi connectivity index (χ3v) is 10.9. The summed E-state index contributed by atoms with van der Waals surface area (Å²) < 4.78 is 25.0. The summed E-state index contributed by atoms with van der Waals surface area (Å²) in [6.07, 6.45) is 1.96. The summed E-state index contributed by atoms with van der Waals surface area (Å²) in [6.45, 7) is 16.5. The lowest BCUT2D eigenvalue weighted by Crippen LogP contribution is -2.41. The maximum Gasteiger partial charge on any atom is 0.563 e. The Morgan fingerprint density at radius 3 is 1.73 bits per heavy atom. The SMILES string of the molecule is C=C1OB(c2ccc(-c3ccc4c(c3)C3(Cc5ccccc5C3)c3cc(B5OC(C)(C)C(C)(C)O5)ccc3-4)cc2)OC1(C)C. The first-order valence-corrected chi connectivity index (χ1v) is 15.7. The monoisotopic (exact) mass is 580 g/mol. The maximum atomic E-state index is 6.50. The van der Waals surface area contributed by atoms with Crippen LogP contribution in [-0.4, -0.2) is 31.0 Å². The summed E-state index contributed by atoms with van der Waals surface area (Å²) in [5.74, 6) is 0.661. The molecule has 4 aliphatic rings. The van der Waals surface area contributed by atoms with Crippen molar-refractivity contribution in [3.05, 3.63) is 120 Å². The van der Waals surface area contributed by atoms with E-state index in [1.54, 1.807) is 0 Å². The van der Waals surface area contributed by atoms with Gasteiger partial charge in [0.05, 0.1) is 17.0 Å². The Labute approximate surface area is 261 Å². The second-order valence-electron chi connectivity index (χ2n) is 14.5. The Morgan fingerprint density at radius 1 is 0.591 bits per heavy atom. The highest BCUT2D eigenvalue weighted by atomic mass is 16.7. The van der Waals surface area contributed by atoms with Crippen LogP contribution in [0.3, 0.4) is 0 Å². The summed E-state index contributed by atoms with van der Waals surface area (Å²) >= 11 is 0. The van der Waals surface area contributed by atoms with Gasteiger partial charge in [-0.3, -0.25) is 0 Å². The third-order valence-electron chi connectivity index (χ3n) is 10.9. The average molecular weight is 580 g/mol. The summed E-state index contributed by atoms with van der Waals surface area (Å²) in [5.41, 5.74) is 11.3. The zero-order chi connectivity index (χ0) is 30.6. The van der Waals surface area contributed by atoms with Crippen LogP contribution in [0, 0.1) is 0 Å². The van der Waals surface area contributed by atoms with Crippen molar-refractivity contribution in [3.8, 4) is 22.3 Å². The van der Waals surface area contributed by atoms with Crippen LogP contribution in [0.4, 0.5) is 0 Å². The molecule has 0 atom stereocenters. The van der Waals surface area contributed by atoms with Gasteiger partial charge >= 0.3 is 14.2 Å². The highest BCUT2D eigenvalue weighted by Crippen LogP contribution is 2.56. The molecule has 0 bridgehead atoms. The molecule has 0 amide bonds. The molecule has 8 rings (SSSR count). The van der Waals surface area contributed by atoms with E-state index in [0.717, 1.165) is 23.8 Å². The number of rotatable bonds is 3. The van der Waals surface area contributed by atoms with E-state index in [9.17, 15) is 0 Å². The van der Waals surface area contributed by atoms with Crippen LogP contribution in [0.2, 0.25) is 0 Å². The van der Waals surface area contributed by atoms with Gasteiger partial charge in [-0.25, -0.2) is 0 Å². The van der Waals surface area contributed by atoms with E-state index in [1.807, 2.05) is 13.8 Å². The van der Waals surface area contributed by atoms with E-state index in [2.05, 4.69) is 119 Å². The largest absolute Gasteiger partial charge is 0.563 e. The fourth-order valence-corrected chi connectivity index (χ4v) is 7.41. The lowest BCUT2D eigenvalue weighted by Gasteiger charge is -2.32. The average Bonchev–Trinajstić information content (AvgIpc) is 3.66. The molecule has 2 heterocycles. The highest BCUT2D eigenvalue weighted by molar-refractivity contribution is 6.62. The fraction of sp³-hybridized carbons (Fsp3) is 0.316. The predicted octanol–water partition coefficient (Wildman–Crippen LogP) is 6.75. The Balaban J connectivity index is 1.19. The molecule has 4 nitrogen and oxygen atoms in total. The molecule has 0 N–H and O–H groups in total. The second kappa shape index (κ2) is 9.23. The minimum Gasteiger partial charge on any atom is -0.534 e. The minimum absolute atomic E-state index is 0.137. The van der Waals surface area contributed by atoms with Gasteiger partial charge in [-0.15, -0.1) is 0 Å². The number of hydrogen-bond acceptors (Lipinski definition) is 4. The van der Waals surface area contributed by atoms with Crippen molar-refractivity contribution in [1.82, 2.24) is 0 Å². The van der Waals surface area contributed by atoms with Crippen LogP contribution >= 0.6 is 0 Å². The summed E-state index contributed by atoms with van der Waals surface area (Å²) in [5, 5.41) is 0. The Morgan fingerprint density at radius 2 is 1.14 bits per heavy atom. The van der Waals surface area contributed by atoms with E-state index < -0.39 is 12.7 Å². The Kier molecular flexibility index (Phi) is 5.86. The number of fused-ring (bicyclic) bond motifs is 6. The highest BCUT2D eigenvalue weighted by Gasteiger charge is 2.53. The molecule has 6 heteroatoms. The third kappa shape index (κ3) is 4.04.